The molecule has 1 rings (SSSR count). The van der Waals surface area contributed by atoms with Crippen molar-refractivity contribution in [1.82, 2.24) is 10.2 Å². The van der Waals surface area contributed by atoms with Crippen LogP contribution in [0.25, 0.3) is 0 Å². The van der Waals surface area contributed by atoms with Crippen LogP contribution < -0.4 is 5.32 Å². The number of hydrogen-bond donors (Lipinski definition) is 1. The summed E-state index contributed by atoms with van der Waals surface area (Å²) < 4.78 is 29.1. The molecule has 0 aromatic rings. The molecule has 6 nitrogen and oxygen atoms in total. The van der Waals surface area contributed by atoms with E-state index in [-0.39, 0.29) is 29.7 Å². The molecule has 0 saturated carbocycles. The van der Waals surface area contributed by atoms with Gasteiger partial charge in [-0.1, -0.05) is 13.8 Å². The van der Waals surface area contributed by atoms with E-state index in [0.717, 1.165) is 25.5 Å². The molecule has 1 saturated heterocycles. The predicted octanol–water partition coefficient (Wildman–Crippen LogP) is 2.14. The van der Waals surface area contributed by atoms with Crippen molar-refractivity contribution < 1.29 is 13.2 Å². The fraction of sp³-hybridized carbons (Fsp3) is 0.938. The number of ether oxygens (including phenoxy) is 1. The summed E-state index contributed by atoms with van der Waals surface area (Å²) in [5.41, 5.74) is 0. The highest BCUT2D eigenvalue weighted by molar-refractivity contribution is 14.0. The molecule has 144 valence electrons. The first kappa shape index (κ1) is 23.9. The lowest BCUT2D eigenvalue weighted by Gasteiger charge is -2.39. The van der Waals surface area contributed by atoms with Crippen LogP contribution in [0.2, 0.25) is 0 Å². The zero-order chi connectivity index (χ0) is 17.5. The third-order valence-electron chi connectivity index (χ3n) is 3.84. The van der Waals surface area contributed by atoms with Crippen molar-refractivity contribution in [1.29, 1.82) is 0 Å². The average molecular weight is 475 g/mol. The fourth-order valence-electron chi connectivity index (χ4n) is 2.42. The molecule has 0 radical (unpaired) electrons. The third-order valence-corrected chi connectivity index (χ3v) is 6.37. The second-order valence-corrected chi connectivity index (χ2v) is 9.80. The minimum absolute atomic E-state index is 0. The number of sulfone groups is 1. The van der Waals surface area contributed by atoms with Gasteiger partial charge in [-0.2, -0.15) is 0 Å². The van der Waals surface area contributed by atoms with Gasteiger partial charge in [-0.3, -0.25) is 4.99 Å². The standard InChI is InChI=1S/C16H33N3O3S.HI/c1-6-17-15(18-8-7-10-22-12-14(2)3)19-9-11-23(20,21)16(4,5)13-19;/h14H,6-13H2,1-5H3,(H,17,18);1H. The molecule has 0 amide bonds. The lowest BCUT2D eigenvalue weighted by atomic mass is 10.2. The lowest BCUT2D eigenvalue weighted by Crippen LogP contribution is -2.57. The summed E-state index contributed by atoms with van der Waals surface area (Å²) in [6.45, 7) is 13.8. The summed E-state index contributed by atoms with van der Waals surface area (Å²) in [5.74, 6) is 1.54. The first-order valence-corrected chi connectivity index (χ1v) is 10.2. The largest absolute Gasteiger partial charge is 0.381 e. The van der Waals surface area contributed by atoms with Crippen LogP contribution in [0.1, 0.15) is 41.0 Å². The van der Waals surface area contributed by atoms with Gasteiger partial charge in [-0.15, -0.1) is 24.0 Å². The zero-order valence-corrected chi connectivity index (χ0v) is 18.8. The van der Waals surface area contributed by atoms with Gasteiger partial charge < -0.3 is 15.0 Å². The van der Waals surface area contributed by atoms with E-state index in [2.05, 4.69) is 29.1 Å². The minimum Gasteiger partial charge on any atom is -0.381 e. The van der Waals surface area contributed by atoms with Gasteiger partial charge in [0.05, 0.1) is 10.5 Å². The van der Waals surface area contributed by atoms with Gasteiger partial charge in [0.25, 0.3) is 0 Å². The number of rotatable bonds is 7. The Bertz CT molecular complexity index is 493. The molecular weight excluding hydrogens is 441 g/mol. The van der Waals surface area contributed by atoms with Gasteiger partial charge in [-0.05, 0) is 33.1 Å². The van der Waals surface area contributed by atoms with E-state index in [1.807, 2.05) is 6.92 Å². The van der Waals surface area contributed by atoms with Crippen LogP contribution in [0.3, 0.4) is 0 Å². The normalized spacial score (nSPS) is 19.9. The van der Waals surface area contributed by atoms with Gasteiger partial charge in [-0.25, -0.2) is 8.42 Å². The van der Waals surface area contributed by atoms with Gasteiger partial charge in [0.2, 0.25) is 0 Å². The highest BCUT2D eigenvalue weighted by atomic mass is 127. The van der Waals surface area contributed by atoms with Crippen molar-refractivity contribution in [2.24, 2.45) is 10.9 Å². The molecule has 8 heteroatoms. The maximum absolute atomic E-state index is 12.1. The summed E-state index contributed by atoms with van der Waals surface area (Å²) in [6, 6.07) is 0. The number of nitrogens with zero attached hydrogens (tertiary/aromatic N) is 2. The van der Waals surface area contributed by atoms with Crippen LogP contribution in [0, 0.1) is 5.92 Å². The smallest absolute Gasteiger partial charge is 0.193 e. The molecule has 1 fully saturated rings. The minimum atomic E-state index is -3.03. The summed E-state index contributed by atoms with van der Waals surface area (Å²) in [5, 5.41) is 3.27. The van der Waals surface area contributed by atoms with E-state index in [0.29, 0.717) is 32.2 Å². The van der Waals surface area contributed by atoms with Crippen molar-refractivity contribution in [3.63, 3.8) is 0 Å². The molecule has 24 heavy (non-hydrogen) atoms. The molecule has 0 aromatic heterocycles. The molecule has 0 bridgehead atoms. The van der Waals surface area contributed by atoms with Crippen LogP contribution >= 0.6 is 24.0 Å². The molecule has 0 atom stereocenters. The highest BCUT2D eigenvalue weighted by Crippen LogP contribution is 2.23. The Morgan fingerprint density at radius 2 is 2.04 bits per heavy atom. The Hall–Kier alpha value is -0.0900. The van der Waals surface area contributed by atoms with Crippen molar-refractivity contribution >= 4 is 39.8 Å². The van der Waals surface area contributed by atoms with E-state index in [1.165, 1.54) is 0 Å². The van der Waals surface area contributed by atoms with E-state index < -0.39 is 14.6 Å². The van der Waals surface area contributed by atoms with Crippen molar-refractivity contribution in [2.75, 3.05) is 45.1 Å². The van der Waals surface area contributed by atoms with Crippen LogP contribution in [0.5, 0.6) is 0 Å². The predicted molar refractivity (Wildman–Crippen MR) is 111 cm³/mol. The summed E-state index contributed by atoms with van der Waals surface area (Å²) in [4.78, 5) is 6.68. The maximum atomic E-state index is 12.1. The van der Waals surface area contributed by atoms with Gasteiger partial charge in [0, 0.05) is 39.4 Å². The van der Waals surface area contributed by atoms with Crippen molar-refractivity contribution in [3.8, 4) is 0 Å². The first-order valence-electron chi connectivity index (χ1n) is 8.53. The summed E-state index contributed by atoms with van der Waals surface area (Å²) >= 11 is 0. The maximum Gasteiger partial charge on any atom is 0.193 e. The molecule has 1 N–H and O–H groups in total. The van der Waals surface area contributed by atoms with Gasteiger partial charge in [0.15, 0.2) is 15.8 Å². The number of guanidine groups is 1. The monoisotopic (exact) mass is 475 g/mol. The molecule has 0 aliphatic carbocycles. The number of nitrogens with one attached hydrogen (secondary N) is 1. The Morgan fingerprint density at radius 3 is 2.58 bits per heavy atom. The topological polar surface area (TPSA) is 71.0 Å². The Labute approximate surface area is 164 Å². The number of halogens is 1. The van der Waals surface area contributed by atoms with E-state index in [4.69, 9.17) is 4.74 Å². The van der Waals surface area contributed by atoms with Crippen LogP contribution in [0.4, 0.5) is 0 Å². The second kappa shape index (κ2) is 10.8. The van der Waals surface area contributed by atoms with Gasteiger partial charge >= 0.3 is 0 Å². The summed E-state index contributed by atoms with van der Waals surface area (Å²) in [6.07, 6.45) is 0.872. The fourth-order valence-corrected chi connectivity index (χ4v) is 3.79. The Balaban J connectivity index is 0.00000529. The quantitative estimate of drug-likeness (QED) is 0.265. The highest BCUT2D eigenvalue weighted by Gasteiger charge is 2.40. The third kappa shape index (κ3) is 7.43. The van der Waals surface area contributed by atoms with Crippen molar-refractivity contribution in [2.45, 2.75) is 45.8 Å². The molecule has 0 spiro atoms. The molecule has 0 aromatic carbocycles. The molecule has 1 aliphatic heterocycles. The molecule has 1 heterocycles. The number of hydrogen-bond acceptors (Lipinski definition) is 4. The lowest BCUT2D eigenvalue weighted by molar-refractivity contribution is 0.109. The van der Waals surface area contributed by atoms with E-state index in [9.17, 15) is 8.42 Å². The SMILES string of the molecule is CCNC(=NCCCOCC(C)C)N1CCS(=O)(=O)C(C)(C)C1.I. The molecule has 0 unspecified atom stereocenters. The Kier molecular flexibility index (Phi) is 10.8. The summed E-state index contributed by atoms with van der Waals surface area (Å²) in [7, 11) is -3.03. The average Bonchev–Trinajstić information content (AvgIpc) is 2.44. The van der Waals surface area contributed by atoms with E-state index in [1.54, 1.807) is 13.8 Å². The van der Waals surface area contributed by atoms with Crippen LogP contribution in [-0.4, -0.2) is 69.2 Å². The molecular formula is C16H34IN3O3S. The van der Waals surface area contributed by atoms with Crippen molar-refractivity contribution in [3.05, 3.63) is 0 Å². The van der Waals surface area contributed by atoms with Crippen LogP contribution in [0.15, 0.2) is 4.99 Å². The number of aliphatic imine (C=N–C) groups is 1. The Morgan fingerprint density at radius 1 is 1.38 bits per heavy atom. The van der Waals surface area contributed by atoms with Gasteiger partial charge in [0.1, 0.15) is 0 Å². The van der Waals surface area contributed by atoms with Crippen LogP contribution in [-0.2, 0) is 14.6 Å². The zero-order valence-electron chi connectivity index (χ0n) is 15.7. The first-order chi connectivity index (χ1) is 10.7. The van der Waals surface area contributed by atoms with E-state index >= 15 is 0 Å². The molecule has 1 aliphatic rings. The second-order valence-electron chi connectivity index (χ2n) is 7.06.